The van der Waals surface area contributed by atoms with Crippen molar-refractivity contribution in [2.24, 2.45) is 0 Å². The molecule has 24 heavy (non-hydrogen) atoms. The van der Waals surface area contributed by atoms with E-state index >= 15 is 0 Å². The molecule has 2 heterocycles. The van der Waals surface area contributed by atoms with Crippen molar-refractivity contribution in [3.8, 4) is 0 Å². The van der Waals surface area contributed by atoms with Gasteiger partial charge < -0.3 is 19.1 Å². The molecule has 2 aliphatic rings. The Morgan fingerprint density at radius 2 is 2.08 bits per heavy atom. The summed E-state index contributed by atoms with van der Waals surface area (Å²) < 4.78 is 17.2. The van der Waals surface area contributed by atoms with E-state index in [2.05, 4.69) is 4.90 Å². The van der Waals surface area contributed by atoms with E-state index in [0.717, 1.165) is 31.8 Å². The summed E-state index contributed by atoms with van der Waals surface area (Å²) in [5.41, 5.74) is 0.800. The van der Waals surface area contributed by atoms with E-state index in [1.165, 1.54) is 0 Å². The summed E-state index contributed by atoms with van der Waals surface area (Å²) in [6.07, 6.45) is 0. The van der Waals surface area contributed by atoms with Crippen LogP contribution in [0.1, 0.15) is 22.8 Å². The van der Waals surface area contributed by atoms with Crippen molar-refractivity contribution in [3.63, 3.8) is 0 Å². The van der Waals surface area contributed by atoms with Crippen LogP contribution in [0.2, 0.25) is 0 Å². The Balaban J connectivity index is 1.81. The average Bonchev–Trinajstić information content (AvgIpc) is 2.89. The largest absolute Gasteiger partial charge is 0.380 e. The number of carbonyl (C=O) groups excluding carboxylic acids is 1. The van der Waals surface area contributed by atoms with Crippen LogP contribution in [0.3, 0.4) is 0 Å². The number of rotatable bonds is 5. The van der Waals surface area contributed by atoms with E-state index in [1.807, 2.05) is 36.1 Å². The fraction of sp³-hybridized carbons (Fsp3) is 0.611. The topological polar surface area (TPSA) is 51.2 Å². The van der Waals surface area contributed by atoms with Gasteiger partial charge in [0.2, 0.25) is 0 Å². The van der Waals surface area contributed by atoms with Gasteiger partial charge in [0.05, 0.1) is 19.8 Å². The van der Waals surface area contributed by atoms with Crippen molar-refractivity contribution in [2.75, 3.05) is 59.7 Å². The van der Waals surface area contributed by atoms with Crippen LogP contribution in [0.15, 0.2) is 24.3 Å². The van der Waals surface area contributed by atoms with Gasteiger partial charge in [-0.25, -0.2) is 0 Å². The predicted molar refractivity (Wildman–Crippen MR) is 89.9 cm³/mol. The molecule has 1 saturated heterocycles. The molecular formula is C18H26N2O4. The minimum atomic E-state index is -0.816. The lowest BCUT2D eigenvalue weighted by molar-refractivity contribution is -0.153. The summed E-state index contributed by atoms with van der Waals surface area (Å²) in [5.74, 6) is 0.0164. The summed E-state index contributed by atoms with van der Waals surface area (Å²) in [7, 11) is 1.65. The third-order valence-electron chi connectivity index (χ3n) is 4.84. The standard InChI is InChI=1S/C18H26N2O4/c1-3-23-12-10-19-8-9-20-17(21)15-6-4-5-7-16(15)18(20,22-2)14-24-13-11-19/h4-7H,3,8-14H2,1-2H3. The third kappa shape index (κ3) is 3.07. The SMILES string of the molecule is CCOCCN1CCOCC2(OC)c3ccccc3C(=O)N2CC1. The molecule has 1 fully saturated rings. The van der Waals surface area contributed by atoms with Crippen molar-refractivity contribution in [1.29, 1.82) is 0 Å². The number of ether oxygens (including phenoxy) is 3. The molecule has 6 nitrogen and oxygen atoms in total. The average molecular weight is 334 g/mol. The van der Waals surface area contributed by atoms with Crippen molar-refractivity contribution in [2.45, 2.75) is 12.6 Å². The van der Waals surface area contributed by atoms with Gasteiger partial charge in [-0.1, -0.05) is 18.2 Å². The maximum absolute atomic E-state index is 12.9. The monoisotopic (exact) mass is 334 g/mol. The van der Waals surface area contributed by atoms with Crippen LogP contribution >= 0.6 is 0 Å². The highest BCUT2D eigenvalue weighted by Crippen LogP contribution is 2.40. The summed E-state index contributed by atoms with van der Waals surface area (Å²) in [6, 6.07) is 7.66. The summed E-state index contributed by atoms with van der Waals surface area (Å²) in [6.45, 7) is 7.43. The molecule has 1 aromatic rings. The molecule has 2 aliphatic heterocycles. The van der Waals surface area contributed by atoms with Gasteiger partial charge in [-0.15, -0.1) is 0 Å². The van der Waals surface area contributed by atoms with E-state index < -0.39 is 5.72 Å². The zero-order valence-corrected chi connectivity index (χ0v) is 14.5. The number of benzene rings is 1. The van der Waals surface area contributed by atoms with Gasteiger partial charge >= 0.3 is 0 Å². The molecule has 1 unspecified atom stereocenters. The van der Waals surface area contributed by atoms with Crippen LogP contribution in [-0.2, 0) is 19.9 Å². The normalized spacial score (nSPS) is 24.9. The van der Waals surface area contributed by atoms with Crippen LogP contribution in [0.5, 0.6) is 0 Å². The van der Waals surface area contributed by atoms with Crippen molar-refractivity contribution in [3.05, 3.63) is 35.4 Å². The Labute approximate surface area is 143 Å². The van der Waals surface area contributed by atoms with Gasteiger partial charge in [-0.2, -0.15) is 0 Å². The highest BCUT2D eigenvalue weighted by atomic mass is 16.6. The molecule has 0 bridgehead atoms. The molecule has 3 rings (SSSR count). The van der Waals surface area contributed by atoms with Gasteiger partial charge in [0, 0.05) is 51.0 Å². The minimum absolute atomic E-state index is 0.0164. The van der Waals surface area contributed by atoms with Crippen molar-refractivity contribution in [1.82, 2.24) is 9.80 Å². The van der Waals surface area contributed by atoms with Gasteiger partial charge in [0.25, 0.3) is 5.91 Å². The first kappa shape index (κ1) is 17.4. The second kappa shape index (κ2) is 7.61. The zero-order chi connectivity index (χ0) is 17.0. The predicted octanol–water partition coefficient (Wildman–Crippen LogP) is 1.31. The lowest BCUT2D eigenvalue weighted by Gasteiger charge is -2.37. The molecule has 0 aliphatic carbocycles. The second-order valence-electron chi connectivity index (χ2n) is 6.08. The lowest BCUT2D eigenvalue weighted by Crippen LogP contribution is -2.50. The fourth-order valence-corrected chi connectivity index (χ4v) is 3.50. The Kier molecular flexibility index (Phi) is 5.50. The summed E-state index contributed by atoms with van der Waals surface area (Å²) in [4.78, 5) is 17.0. The van der Waals surface area contributed by atoms with E-state index in [1.54, 1.807) is 7.11 Å². The third-order valence-corrected chi connectivity index (χ3v) is 4.84. The first-order valence-corrected chi connectivity index (χ1v) is 8.57. The molecule has 0 radical (unpaired) electrons. The molecule has 132 valence electrons. The van der Waals surface area contributed by atoms with Crippen molar-refractivity contribution >= 4 is 5.91 Å². The van der Waals surface area contributed by atoms with Gasteiger partial charge in [-0.05, 0) is 13.0 Å². The maximum atomic E-state index is 12.9. The minimum Gasteiger partial charge on any atom is -0.380 e. The maximum Gasteiger partial charge on any atom is 0.256 e. The summed E-state index contributed by atoms with van der Waals surface area (Å²) in [5, 5.41) is 0. The van der Waals surface area contributed by atoms with Crippen LogP contribution < -0.4 is 0 Å². The molecule has 1 amide bonds. The molecule has 1 aromatic carbocycles. The quantitative estimate of drug-likeness (QED) is 0.760. The number of methoxy groups -OCH3 is 1. The molecule has 0 spiro atoms. The Morgan fingerprint density at radius 3 is 2.88 bits per heavy atom. The number of fused-ring (bicyclic) bond motifs is 3. The molecule has 6 heteroatoms. The van der Waals surface area contributed by atoms with Crippen LogP contribution in [0, 0.1) is 0 Å². The van der Waals surface area contributed by atoms with Crippen molar-refractivity contribution < 1.29 is 19.0 Å². The molecule has 1 atom stereocenters. The van der Waals surface area contributed by atoms with E-state index in [-0.39, 0.29) is 5.91 Å². The van der Waals surface area contributed by atoms with Gasteiger partial charge in [0.15, 0.2) is 5.72 Å². The molecule has 0 saturated carbocycles. The Morgan fingerprint density at radius 1 is 1.25 bits per heavy atom. The van der Waals surface area contributed by atoms with E-state index in [9.17, 15) is 4.79 Å². The first-order valence-electron chi connectivity index (χ1n) is 8.57. The number of carbonyl (C=O) groups is 1. The van der Waals surface area contributed by atoms with Crippen LogP contribution in [0.4, 0.5) is 0 Å². The Bertz CT molecular complexity index is 580. The second-order valence-corrected chi connectivity index (χ2v) is 6.08. The lowest BCUT2D eigenvalue weighted by atomic mass is 10.0. The number of nitrogens with zero attached hydrogens (tertiary/aromatic N) is 2. The highest BCUT2D eigenvalue weighted by molar-refractivity contribution is 5.99. The zero-order valence-electron chi connectivity index (χ0n) is 14.5. The summed E-state index contributed by atoms with van der Waals surface area (Å²) >= 11 is 0. The van der Waals surface area contributed by atoms with E-state index in [4.69, 9.17) is 14.2 Å². The molecular weight excluding hydrogens is 308 g/mol. The molecule has 0 aromatic heterocycles. The van der Waals surface area contributed by atoms with Crippen LogP contribution in [0.25, 0.3) is 0 Å². The number of hydrogen-bond acceptors (Lipinski definition) is 5. The van der Waals surface area contributed by atoms with E-state index in [0.29, 0.717) is 31.9 Å². The fourth-order valence-electron chi connectivity index (χ4n) is 3.50. The first-order chi connectivity index (χ1) is 11.7. The van der Waals surface area contributed by atoms with Gasteiger partial charge in [-0.3, -0.25) is 9.69 Å². The molecule has 0 N–H and O–H groups in total. The Hall–Kier alpha value is -1.47. The number of hydrogen-bond donors (Lipinski definition) is 0. The smallest absolute Gasteiger partial charge is 0.256 e. The highest BCUT2D eigenvalue weighted by Gasteiger charge is 2.50. The number of amides is 1. The van der Waals surface area contributed by atoms with Gasteiger partial charge in [0.1, 0.15) is 0 Å². The van der Waals surface area contributed by atoms with Crippen LogP contribution in [-0.4, -0.2) is 75.4 Å².